The normalized spacial score (nSPS) is 18.4. The third-order valence-electron chi connectivity index (χ3n) is 4.00. The molecule has 0 radical (unpaired) electrons. The number of pyridine rings is 1. The molecule has 0 saturated heterocycles. The highest BCUT2D eigenvalue weighted by molar-refractivity contribution is 5.87. The Morgan fingerprint density at radius 3 is 2.71 bits per heavy atom. The molecular weight excluding hydrogens is 284 g/mol. The summed E-state index contributed by atoms with van der Waals surface area (Å²) < 4.78 is 52.7. The summed E-state index contributed by atoms with van der Waals surface area (Å²) in [7, 11) is 0. The van der Waals surface area contributed by atoms with Gasteiger partial charge in [-0.2, -0.15) is 17.6 Å². The molecule has 1 aromatic carbocycles. The zero-order valence-corrected chi connectivity index (χ0v) is 11.4. The first-order valence-electron chi connectivity index (χ1n) is 6.85. The Morgan fingerprint density at radius 1 is 1.29 bits per heavy atom. The number of fused-ring (bicyclic) bond motifs is 2. The summed E-state index contributed by atoms with van der Waals surface area (Å²) in [5.41, 5.74) is 0.681. The molecule has 21 heavy (non-hydrogen) atoms. The Bertz CT molecular complexity index is 694. The largest absolute Gasteiger partial charge is 0.417 e. The van der Waals surface area contributed by atoms with Crippen molar-refractivity contribution >= 4 is 16.6 Å². The molecule has 2 aromatic rings. The highest BCUT2D eigenvalue weighted by Crippen LogP contribution is 2.40. The van der Waals surface area contributed by atoms with E-state index in [1.807, 2.05) is 6.92 Å². The smallest absolute Gasteiger partial charge is 0.385 e. The van der Waals surface area contributed by atoms with Crippen LogP contribution in [-0.2, 0) is 6.18 Å². The minimum atomic E-state index is -4.60. The van der Waals surface area contributed by atoms with Gasteiger partial charge in [0.05, 0.1) is 11.1 Å². The molecule has 1 N–H and O–H groups in total. The lowest BCUT2D eigenvalue weighted by molar-refractivity contribution is -0.136. The van der Waals surface area contributed by atoms with E-state index in [9.17, 15) is 17.6 Å². The number of nitrogens with one attached hydrogen (secondary N) is 1. The molecule has 2 heterocycles. The monoisotopic (exact) mass is 298 g/mol. The minimum Gasteiger partial charge on any atom is -0.385 e. The molecule has 1 atom stereocenters. The molecule has 1 aromatic heterocycles. The molecule has 1 unspecified atom stereocenters. The van der Waals surface area contributed by atoms with Crippen LogP contribution in [0.4, 0.5) is 23.2 Å². The maximum absolute atomic E-state index is 13.4. The number of benzene rings is 1. The molecular formula is C15H14F4N2. The zero-order valence-electron chi connectivity index (χ0n) is 11.4. The average molecular weight is 298 g/mol. The average Bonchev–Trinajstić information content (AvgIpc) is 2.42. The predicted octanol–water partition coefficient (Wildman–Crippen LogP) is 4.70. The standard InChI is InChI=1S/C15H14F4N2/c1-2-8-3-4-20-12-7-13-10(5-9(8)12)11(15(17,18)19)6-14(16)21-13/h5-8,20H,2-4H2,1H3. The number of anilines is 1. The van der Waals surface area contributed by atoms with Gasteiger partial charge in [-0.15, -0.1) is 0 Å². The van der Waals surface area contributed by atoms with Crippen LogP contribution in [0.5, 0.6) is 0 Å². The topological polar surface area (TPSA) is 24.9 Å². The number of nitrogens with zero attached hydrogens (tertiary/aromatic N) is 1. The lowest BCUT2D eigenvalue weighted by atomic mass is 9.87. The predicted molar refractivity (Wildman–Crippen MR) is 72.8 cm³/mol. The van der Waals surface area contributed by atoms with Gasteiger partial charge >= 0.3 is 6.18 Å². The Hall–Kier alpha value is -1.85. The summed E-state index contributed by atoms with van der Waals surface area (Å²) in [5.74, 6) is -0.894. The number of alkyl halides is 3. The van der Waals surface area contributed by atoms with Crippen LogP contribution in [0, 0.1) is 5.95 Å². The van der Waals surface area contributed by atoms with Gasteiger partial charge in [0.1, 0.15) is 0 Å². The first-order valence-corrected chi connectivity index (χ1v) is 6.85. The fourth-order valence-corrected chi connectivity index (χ4v) is 2.94. The Morgan fingerprint density at radius 2 is 2.05 bits per heavy atom. The SMILES string of the molecule is CCC1CCNc2cc3nc(F)cc(C(F)(F)F)c3cc21. The molecule has 0 fully saturated rings. The molecule has 0 saturated carbocycles. The maximum Gasteiger partial charge on any atom is 0.417 e. The number of halogens is 4. The van der Waals surface area contributed by atoms with Crippen LogP contribution in [0.2, 0.25) is 0 Å². The van der Waals surface area contributed by atoms with Crippen LogP contribution in [0.25, 0.3) is 10.9 Å². The van der Waals surface area contributed by atoms with Crippen LogP contribution in [0.3, 0.4) is 0 Å². The van der Waals surface area contributed by atoms with E-state index in [2.05, 4.69) is 10.3 Å². The highest BCUT2D eigenvalue weighted by atomic mass is 19.4. The van der Waals surface area contributed by atoms with E-state index in [0.717, 1.165) is 30.6 Å². The third kappa shape index (κ3) is 2.43. The van der Waals surface area contributed by atoms with Crippen molar-refractivity contribution in [3.05, 3.63) is 35.3 Å². The highest BCUT2D eigenvalue weighted by Gasteiger charge is 2.34. The van der Waals surface area contributed by atoms with Gasteiger partial charge in [-0.1, -0.05) is 6.92 Å². The van der Waals surface area contributed by atoms with Crippen molar-refractivity contribution in [2.24, 2.45) is 0 Å². The first-order chi connectivity index (χ1) is 9.90. The Labute approximate surface area is 119 Å². The molecule has 0 bridgehead atoms. The number of hydrogen-bond acceptors (Lipinski definition) is 2. The third-order valence-corrected chi connectivity index (χ3v) is 4.00. The van der Waals surface area contributed by atoms with Crippen molar-refractivity contribution in [1.29, 1.82) is 0 Å². The molecule has 1 aliphatic rings. The molecule has 3 rings (SSSR count). The second-order valence-electron chi connectivity index (χ2n) is 5.27. The van der Waals surface area contributed by atoms with Crippen LogP contribution >= 0.6 is 0 Å². The number of rotatable bonds is 1. The van der Waals surface area contributed by atoms with Gasteiger partial charge in [0.15, 0.2) is 0 Å². The van der Waals surface area contributed by atoms with Gasteiger partial charge in [0, 0.05) is 23.7 Å². The van der Waals surface area contributed by atoms with Crippen molar-refractivity contribution in [2.75, 3.05) is 11.9 Å². The summed E-state index contributed by atoms with van der Waals surface area (Å²) in [4.78, 5) is 3.60. The van der Waals surface area contributed by atoms with Crippen LogP contribution in [-0.4, -0.2) is 11.5 Å². The van der Waals surface area contributed by atoms with E-state index in [1.54, 1.807) is 0 Å². The fraction of sp³-hybridized carbons (Fsp3) is 0.400. The molecule has 0 aliphatic carbocycles. The number of aromatic nitrogens is 1. The second kappa shape index (κ2) is 4.86. The van der Waals surface area contributed by atoms with E-state index in [-0.39, 0.29) is 16.8 Å². The molecule has 0 spiro atoms. The van der Waals surface area contributed by atoms with Crippen molar-refractivity contribution in [1.82, 2.24) is 4.98 Å². The van der Waals surface area contributed by atoms with Gasteiger partial charge in [-0.25, -0.2) is 4.98 Å². The van der Waals surface area contributed by atoms with Crippen molar-refractivity contribution < 1.29 is 17.6 Å². The summed E-state index contributed by atoms with van der Waals surface area (Å²) in [6.07, 6.45) is -2.86. The molecule has 2 nitrogen and oxygen atoms in total. The zero-order chi connectivity index (χ0) is 15.2. The summed E-state index contributed by atoms with van der Waals surface area (Å²) in [6, 6.07) is 3.50. The van der Waals surface area contributed by atoms with E-state index in [1.165, 1.54) is 12.1 Å². The summed E-state index contributed by atoms with van der Waals surface area (Å²) in [6.45, 7) is 2.77. The van der Waals surface area contributed by atoms with E-state index in [0.29, 0.717) is 6.07 Å². The van der Waals surface area contributed by atoms with E-state index < -0.39 is 17.7 Å². The molecule has 1 aliphatic heterocycles. The molecule has 0 amide bonds. The summed E-state index contributed by atoms with van der Waals surface area (Å²) in [5, 5.41) is 3.12. The molecule has 6 heteroatoms. The quantitative estimate of drug-likeness (QED) is 0.609. The van der Waals surface area contributed by atoms with Crippen LogP contribution in [0.15, 0.2) is 18.2 Å². The van der Waals surface area contributed by atoms with Crippen LogP contribution < -0.4 is 5.32 Å². The fourth-order valence-electron chi connectivity index (χ4n) is 2.94. The maximum atomic E-state index is 13.4. The first kappa shape index (κ1) is 14.1. The lowest BCUT2D eigenvalue weighted by Gasteiger charge is -2.26. The second-order valence-corrected chi connectivity index (χ2v) is 5.27. The van der Waals surface area contributed by atoms with E-state index in [4.69, 9.17) is 0 Å². The lowest BCUT2D eigenvalue weighted by Crippen LogP contribution is -2.17. The van der Waals surface area contributed by atoms with Gasteiger partial charge in [0.2, 0.25) is 5.95 Å². The van der Waals surface area contributed by atoms with Crippen molar-refractivity contribution in [2.45, 2.75) is 31.9 Å². The van der Waals surface area contributed by atoms with Gasteiger partial charge in [-0.05, 0) is 36.5 Å². The van der Waals surface area contributed by atoms with Crippen LogP contribution in [0.1, 0.15) is 36.8 Å². The minimum absolute atomic E-state index is 0.0327. The van der Waals surface area contributed by atoms with Crippen molar-refractivity contribution in [3.63, 3.8) is 0 Å². The van der Waals surface area contributed by atoms with Gasteiger partial charge in [-0.3, -0.25) is 0 Å². The van der Waals surface area contributed by atoms with Gasteiger partial charge < -0.3 is 5.32 Å². The summed E-state index contributed by atoms with van der Waals surface area (Å²) >= 11 is 0. The molecule has 112 valence electrons. The van der Waals surface area contributed by atoms with Gasteiger partial charge in [0.25, 0.3) is 0 Å². The number of hydrogen-bond donors (Lipinski definition) is 1. The Balaban J connectivity index is 2.30. The van der Waals surface area contributed by atoms with E-state index >= 15 is 0 Å². The Kier molecular flexibility index (Phi) is 3.26. The van der Waals surface area contributed by atoms with Crippen molar-refractivity contribution in [3.8, 4) is 0 Å².